The van der Waals surface area contributed by atoms with Gasteiger partial charge in [0.15, 0.2) is 0 Å². The van der Waals surface area contributed by atoms with Crippen LogP contribution in [0.4, 0.5) is 11.6 Å². The molecule has 6 nitrogen and oxygen atoms in total. The van der Waals surface area contributed by atoms with Crippen LogP contribution in [-0.2, 0) is 10.5 Å². The van der Waals surface area contributed by atoms with Crippen molar-refractivity contribution in [2.24, 2.45) is 0 Å². The zero-order valence-corrected chi connectivity index (χ0v) is 21.8. The number of fused-ring (bicyclic) bond motifs is 1. The molecule has 0 saturated heterocycles. The van der Waals surface area contributed by atoms with Crippen molar-refractivity contribution < 1.29 is 4.79 Å². The first kappa shape index (κ1) is 24.2. The molecule has 1 aliphatic heterocycles. The number of rotatable bonds is 6. The maximum Gasteiger partial charge on any atom is 0.255 e. The van der Waals surface area contributed by atoms with Gasteiger partial charge in [0, 0.05) is 22.2 Å². The van der Waals surface area contributed by atoms with E-state index in [1.54, 1.807) is 16.4 Å². The summed E-state index contributed by atoms with van der Waals surface area (Å²) < 4.78 is 1.79. The number of carbonyl (C=O) groups is 1. The molecular weight excluding hydrogens is 490 g/mol. The van der Waals surface area contributed by atoms with Crippen molar-refractivity contribution in [2.75, 3.05) is 10.6 Å². The van der Waals surface area contributed by atoms with Crippen LogP contribution in [0.3, 0.4) is 0 Å². The van der Waals surface area contributed by atoms with E-state index in [0.29, 0.717) is 21.7 Å². The first-order valence-corrected chi connectivity index (χ1v) is 13.0. The Balaban J connectivity index is 1.49. The van der Waals surface area contributed by atoms with E-state index < -0.39 is 6.04 Å². The summed E-state index contributed by atoms with van der Waals surface area (Å²) in [4.78, 5) is 18.3. The minimum Gasteiger partial charge on any atom is -0.328 e. The Morgan fingerprint density at radius 3 is 2.56 bits per heavy atom. The number of aromatic nitrogens is 3. The molecule has 1 unspecified atom stereocenters. The van der Waals surface area contributed by atoms with Gasteiger partial charge in [-0.15, -0.1) is 5.10 Å². The number of carbonyl (C=O) groups excluding carboxylic acids is 1. The Kier molecular flexibility index (Phi) is 6.85. The summed E-state index contributed by atoms with van der Waals surface area (Å²) in [6.45, 7) is 6.10. The summed E-state index contributed by atoms with van der Waals surface area (Å²) >= 11 is 7.75. The average Bonchev–Trinajstić information content (AvgIpc) is 3.27. The number of thioether (sulfide) groups is 1. The summed E-state index contributed by atoms with van der Waals surface area (Å²) in [7, 11) is 0. The molecule has 5 rings (SSSR count). The normalized spacial score (nSPS) is 14.8. The van der Waals surface area contributed by atoms with Crippen LogP contribution in [0.15, 0.2) is 89.2 Å². The lowest BCUT2D eigenvalue weighted by atomic mass is 9.95. The topological polar surface area (TPSA) is 71.8 Å². The van der Waals surface area contributed by atoms with Gasteiger partial charge in [-0.3, -0.25) is 4.79 Å². The van der Waals surface area contributed by atoms with Gasteiger partial charge in [-0.25, -0.2) is 4.68 Å². The van der Waals surface area contributed by atoms with Crippen molar-refractivity contribution in [1.82, 2.24) is 14.8 Å². The van der Waals surface area contributed by atoms with Crippen molar-refractivity contribution in [1.29, 1.82) is 0 Å². The fraction of sp³-hybridized carbons (Fsp3) is 0.179. The fourth-order valence-corrected chi connectivity index (χ4v) is 5.28. The number of hydrogen-bond acceptors (Lipinski definition) is 5. The van der Waals surface area contributed by atoms with Crippen molar-refractivity contribution in [3.8, 4) is 0 Å². The standard InChI is InChI=1S/C28H26ClN5OS/c1-17-9-10-18(2)21(15-17)16-36-28-32-27-30-19(3)24(26(35)31-23-7-5-4-6-8-23)25(34(27)33-28)20-11-13-22(29)14-12-20/h4-15,25H,16H2,1-3H3,(H,31,35)(H,30,32,33). The maximum absolute atomic E-state index is 13.5. The maximum atomic E-state index is 13.5. The lowest BCUT2D eigenvalue weighted by Crippen LogP contribution is -2.31. The van der Waals surface area contributed by atoms with Gasteiger partial charge in [-0.05, 0) is 61.7 Å². The first-order valence-electron chi connectivity index (χ1n) is 11.6. The van der Waals surface area contributed by atoms with Crippen molar-refractivity contribution in [3.63, 3.8) is 0 Å². The largest absolute Gasteiger partial charge is 0.328 e. The molecule has 8 heteroatoms. The van der Waals surface area contributed by atoms with Crippen molar-refractivity contribution in [3.05, 3.63) is 111 Å². The monoisotopic (exact) mass is 515 g/mol. The molecule has 4 aromatic rings. The third-order valence-electron chi connectivity index (χ3n) is 6.16. The smallest absolute Gasteiger partial charge is 0.255 e. The predicted octanol–water partition coefficient (Wildman–Crippen LogP) is 6.77. The fourth-order valence-electron chi connectivity index (χ4n) is 4.26. The van der Waals surface area contributed by atoms with E-state index in [0.717, 1.165) is 22.7 Å². The second-order valence-electron chi connectivity index (χ2n) is 8.82. The SMILES string of the molecule is CC1=C(C(=O)Nc2ccccc2)C(c2ccc(Cl)cc2)n2nc(SCc3cc(C)ccc3C)nc2N1. The number of nitrogens with one attached hydrogen (secondary N) is 2. The summed E-state index contributed by atoms with van der Waals surface area (Å²) in [6.07, 6.45) is 0. The van der Waals surface area contributed by atoms with Gasteiger partial charge in [0.25, 0.3) is 5.91 Å². The van der Waals surface area contributed by atoms with E-state index in [1.807, 2.05) is 61.5 Å². The first-order chi connectivity index (χ1) is 17.4. The molecule has 0 radical (unpaired) electrons. The van der Waals surface area contributed by atoms with E-state index >= 15 is 0 Å². The Hall–Kier alpha value is -3.55. The molecule has 0 saturated carbocycles. The third kappa shape index (κ3) is 5.03. The number of benzene rings is 3. The molecule has 2 heterocycles. The Morgan fingerprint density at radius 2 is 1.81 bits per heavy atom. The molecule has 3 aromatic carbocycles. The third-order valence-corrected chi connectivity index (χ3v) is 7.30. The highest BCUT2D eigenvalue weighted by Crippen LogP contribution is 2.37. The van der Waals surface area contributed by atoms with Crippen LogP contribution in [0.1, 0.15) is 35.2 Å². The molecule has 0 fully saturated rings. The lowest BCUT2D eigenvalue weighted by molar-refractivity contribution is -0.113. The minimum atomic E-state index is -0.454. The molecule has 36 heavy (non-hydrogen) atoms. The Bertz CT molecular complexity index is 1450. The zero-order chi connectivity index (χ0) is 25.2. The number of halogens is 1. The molecule has 0 bridgehead atoms. The molecule has 0 spiro atoms. The number of anilines is 2. The number of nitrogens with zero attached hydrogens (tertiary/aromatic N) is 3. The van der Waals surface area contributed by atoms with E-state index in [4.69, 9.17) is 21.7 Å². The van der Waals surface area contributed by atoms with E-state index in [1.165, 1.54) is 16.7 Å². The molecule has 1 atom stereocenters. The van der Waals surface area contributed by atoms with Gasteiger partial charge in [0.1, 0.15) is 6.04 Å². The van der Waals surface area contributed by atoms with Gasteiger partial charge < -0.3 is 10.6 Å². The van der Waals surface area contributed by atoms with Crippen LogP contribution in [0.2, 0.25) is 5.02 Å². The second kappa shape index (κ2) is 10.2. The summed E-state index contributed by atoms with van der Waals surface area (Å²) in [5.41, 5.74) is 6.66. The number of aryl methyl sites for hydroxylation is 2. The number of para-hydroxylation sites is 1. The van der Waals surface area contributed by atoms with Crippen LogP contribution in [0.25, 0.3) is 0 Å². The number of hydrogen-bond donors (Lipinski definition) is 2. The van der Waals surface area contributed by atoms with Crippen LogP contribution in [0, 0.1) is 13.8 Å². The van der Waals surface area contributed by atoms with Crippen molar-refractivity contribution in [2.45, 2.75) is 37.7 Å². The predicted molar refractivity (Wildman–Crippen MR) is 146 cm³/mol. The quantitative estimate of drug-likeness (QED) is 0.277. The van der Waals surface area contributed by atoms with Crippen LogP contribution in [0.5, 0.6) is 0 Å². The zero-order valence-electron chi connectivity index (χ0n) is 20.2. The van der Waals surface area contributed by atoms with E-state index in [2.05, 4.69) is 42.7 Å². The highest BCUT2D eigenvalue weighted by molar-refractivity contribution is 7.98. The molecule has 2 N–H and O–H groups in total. The second-order valence-corrected chi connectivity index (χ2v) is 10.2. The lowest BCUT2D eigenvalue weighted by Gasteiger charge is -2.28. The van der Waals surface area contributed by atoms with Crippen molar-refractivity contribution >= 4 is 40.9 Å². The molecule has 1 amide bonds. The molecule has 1 aliphatic rings. The highest BCUT2D eigenvalue weighted by atomic mass is 35.5. The van der Waals surface area contributed by atoms with Gasteiger partial charge in [-0.2, -0.15) is 4.98 Å². The number of allylic oxidation sites excluding steroid dienone is 1. The summed E-state index contributed by atoms with van der Waals surface area (Å²) in [6, 6.07) is 22.9. The van der Waals surface area contributed by atoms with Crippen LogP contribution >= 0.6 is 23.4 Å². The Labute approximate surface area is 219 Å². The average molecular weight is 516 g/mol. The van der Waals surface area contributed by atoms with Crippen LogP contribution in [-0.4, -0.2) is 20.7 Å². The highest BCUT2D eigenvalue weighted by Gasteiger charge is 2.34. The van der Waals surface area contributed by atoms with Crippen LogP contribution < -0.4 is 10.6 Å². The van der Waals surface area contributed by atoms with E-state index in [9.17, 15) is 4.79 Å². The Morgan fingerprint density at radius 1 is 1.06 bits per heavy atom. The summed E-state index contributed by atoms with van der Waals surface area (Å²) in [5, 5.41) is 12.4. The molecule has 1 aromatic heterocycles. The van der Waals surface area contributed by atoms with E-state index in [-0.39, 0.29) is 5.91 Å². The summed E-state index contributed by atoms with van der Waals surface area (Å²) in [5.74, 6) is 1.17. The van der Waals surface area contributed by atoms with Gasteiger partial charge >= 0.3 is 0 Å². The molecule has 0 aliphatic carbocycles. The molecule has 182 valence electrons. The van der Waals surface area contributed by atoms with Gasteiger partial charge in [0.05, 0.1) is 5.57 Å². The minimum absolute atomic E-state index is 0.197. The van der Waals surface area contributed by atoms with Gasteiger partial charge in [0.2, 0.25) is 11.1 Å². The molecular formula is C28H26ClN5OS. The number of amides is 1. The van der Waals surface area contributed by atoms with Gasteiger partial charge in [-0.1, -0.05) is 77.5 Å².